The number of hydrogen-bond acceptors (Lipinski definition) is 15. The predicted molar refractivity (Wildman–Crippen MR) is 110 cm³/mol. The molecule has 2 aliphatic heterocycles. The minimum Gasteiger partial charge on any atom is -0.394 e. The highest BCUT2D eigenvalue weighted by molar-refractivity contribution is 5.01. The van der Waals surface area contributed by atoms with Crippen molar-refractivity contribution < 1.29 is 49.6 Å². The third kappa shape index (κ3) is 5.32. The van der Waals surface area contributed by atoms with E-state index in [1.165, 1.54) is 0 Å². The Hall–Kier alpha value is -0.600. The second-order valence-electron chi connectivity index (χ2n) is 8.88. The van der Waals surface area contributed by atoms with E-state index in [1.54, 1.807) is 0 Å². The molecule has 0 aromatic heterocycles. The Balaban J connectivity index is 1.80. The molecule has 3 rings (SSSR count). The molecule has 16 N–H and O–H groups in total. The van der Waals surface area contributed by atoms with Crippen LogP contribution in [-0.2, 0) is 18.9 Å². The Kier molecular flexibility index (Phi) is 8.99. The smallest absolute Gasteiger partial charge is 0.186 e. The van der Waals surface area contributed by atoms with Gasteiger partial charge in [-0.1, -0.05) is 0 Å². The summed E-state index contributed by atoms with van der Waals surface area (Å²) in [4.78, 5) is 0. The molecule has 33 heavy (non-hydrogen) atoms. The molecule has 0 aromatic rings. The zero-order valence-electron chi connectivity index (χ0n) is 18.0. The summed E-state index contributed by atoms with van der Waals surface area (Å²) in [7, 11) is 0. The number of rotatable bonds is 6. The molecule has 1 saturated carbocycles. The first kappa shape index (κ1) is 27.0. The van der Waals surface area contributed by atoms with Crippen LogP contribution in [0.5, 0.6) is 0 Å². The summed E-state index contributed by atoms with van der Waals surface area (Å²) in [6.07, 6.45) is -14.0. The van der Waals surface area contributed by atoms with E-state index in [2.05, 4.69) is 0 Å². The van der Waals surface area contributed by atoms with Gasteiger partial charge in [0.2, 0.25) is 0 Å². The number of hydrogen-bond donors (Lipinski definition) is 11. The SMILES string of the molecule is NC[C@H]1O[C@H](O[C@H]2[C@H](O[C@@H]3O[C@H](CO)[C@@H](O)[C@H](N)[C@H]3O)[C@@H](O)[C@H](N)C[C@@H]2N)[C@H](N)[C@@H](O)[C@@H]1O. The van der Waals surface area contributed by atoms with Crippen LogP contribution in [0.25, 0.3) is 0 Å². The minimum atomic E-state index is -1.52. The highest BCUT2D eigenvalue weighted by Crippen LogP contribution is 2.31. The van der Waals surface area contributed by atoms with Gasteiger partial charge in [-0.3, -0.25) is 0 Å². The van der Waals surface area contributed by atoms with Gasteiger partial charge >= 0.3 is 0 Å². The molecule has 15 heteroatoms. The Morgan fingerprint density at radius 1 is 0.667 bits per heavy atom. The molecule has 0 aromatic carbocycles. The van der Waals surface area contributed by atoms with E-state index in [1.807, 2.05) is 0 Å². The molecule has 0 unspecified atom stereocenters. The van der Waals surface area contributed by atoms with E-state index in [-0.39, 0.29) is 13.0 Å². The largest absolute Gasteiger partial charge is 0.394 e. The lowest BCUT2D eigenvalue weighted by Gasteiger charge is -2.48. The molecule has 15 atom stereocenters. The van der Waals surface area contributed by atoms with Crippen LogP contribution < -0.4 is 28.7 Å². The number of nitrogens with two attached hydrogens (primary N) is 5. The van der Waals surface area contributed by atoms with Crippen molar-refractivity contribution >= 4 is 0 Å². The summed E-state index contributed by atoms with van der Waals surface area (Å²) in [5.41, 5.74) is 29.6. The van der Waals surface area contributed by atoms with E-state index < -0.39 is 98.3 Å². The van der Waals surface area contributed by atoms with Crippen molar-refractivity contribution in [3.63, 3.8) is 0 Å². The van der Waals surface area contributed by atoms with Crippen LogP contribution in [0.1, 0.15) is 6.42 Å². The molecular formula is C18H37N5O10. The van der Waals surface area contributed by atoms with Crippen molar-refractivity contribution in [3.05, 3.63) is 0 Å². The Bertz CT molecular complexity index is 635. The maximum atomic E-state index is 10.7. The van der Waals surface area contributed by atoms with Crippen LogP contribution in [0.3, 0.4) is 0 Å². The molecule has 1 aliphatic carbocycles. The van der Waals surface area contributed by atoms with Gasteiger partial charge in [0.05, 0.1) is 24.8 Å². The fourth-order valence-corrected chi connectivity index (χ4v) is 4.41. The Morgan fingerprint density at radius 3 is 1.88 bits per heavy atom. The molecular weight excluding hydrogens is 446 g/mol. The van der Waals surface area contributed by atoms with Crippen molar-refractivity contribution in [3.8, 4) is 0 Å². The van der Waals surface area contributed by atoms with Crippen molar-refractivity contribution in [2.24, 2.45) is 28.7 Å². The second-order valence-corrected chi connectivity index (χ2v) is 8.88. The monoisotopic (exact) mass is 483 g/mol. The van der Waals surface area contributed by atoms with Gasteiger partial charge in [0, 0.05) is 18.6 Å². The molecule has 3 fully saturated rings. The topological polar surface area (TPSA) is 288 Å². The first-order valence-corrected chi connectivity index (χ1v) is 10.9. The number of aliphatic hydroxyl groups is 6. The zero-order chi connectivity index (χ0) is 24.6. The third-order valence-electron chi connectivity index (χ3n) is 6.57. The molecule has 15 nitrogen and oxygen atoms in total. The van der Waals surface area contributed by atoms with Gasteiger partial charge in [0.25, 0.3) is 0 Å². The molecule has 2 saturated heterocycles. The van der Waals surface area contributed by atoms with Gasteiger partial charge in [0.1, 0.15) is 48.8 Å². The molecule has 2 heterocycles. The summed E-state index contributed by atoms with van der Waals surface area (Å²) in [6, 6.07) is -4.00. The standard InChI is InChI=1S/C18H37N5O10/c19-2-6-12(27)13(28)9(23)17(30-6)32-15-5(21)1-4(20)10(25)16(15)33-18-14(29)8(22)11(26)7(3-24)31-18/h4-18,24-29H,1-3,19-23H2/t4-,5+,6-,7-,8+,9-,10+,11-,12-,13-,14-,15-,16-,17-,18+/m1/s1. The molecule has 3 aliphatic rings. The van der Waals surface area contributed by atoms with Crippen molar-refractivity contribution in [1.82, 2.24) is 0 Å². The van der Waals surface area contributed by atoms with Crippen LogP contribution in [0.2, 0.25) is 0 Å². The summed E-state index contributed by atoms with van der Waals surface area (Å²) < 4.78 is 22.7. The average Bonchev–Trinajstić information content (AvgIpc) is 2.79. The minimum absolute atomic E-state index is 0.125. The van der Waals surface area contributed by atoms with E-state index in [4.69, 9.17) is 47.6 Å². The van der Waals surface area contributed by atoms with Crippen molar-refractivity contribution in [2.45, 2.75) is 98.1 Å². The predicted octanol–water partition coefficient (Wildman–Crippen LogP) is -7.33. The maximum Gasteiger partial charge on any atom is 0.186 e. The normalized spacial score (nSPS) is 53.7. The van der Waals surface area contributed by atoms with Gasteiger partial charge in [-0.2, -0.15) is 0 Å². The first-order valence-electron chi connectivity index (χ1n) is 10.9. The number of ether oxygens (including phenoxy) is 4. The van der Waals surface area contributed by atoms with E-state index >= 15 is 0 Å². The summed E-state index contributed by atoms with van der Waals surface area (Å²) in [5, 5.41) is 60.9. The lowest BCUT2D eigenvalue weighted by molar-refractivity contribution is -0.331. The summed E-state index contributed by atoms with van der Waals surface area (Å²) in [5.74, 6) is 0. The number of aliphatic hydroxyl groups excluding tert-OH is 6. The lowest BCUT2D eigenvalue weighted by atomic mass is 9.84. The van der Waals surface area contributed by atoms with Crippen molar-refractivity contribution in [1.29, 1.82) is 0 Å². The maximum absolute atomic E-state index is 10.7. The van der Waals surface area contributed by atoms with Crippen LogP contribution in [0, 0.1) is 0 Å². The van der Waals surface area contributed by atoms with Crippen molar-refractivity contribution in [2.75, 3.05) is 13.2 Å². The Labute approximate surface area is 190 Å². The van der Waals surface area contributed by atoms with Gasteiger partial charge in [-0.15, -0.1) is 0 Å². The van der Waals surface area contributed by atoms with Crippen LogP contribution >= 0.6 is 0 Å². The van der Waals surface area contributed by atoms with Gasteiger partial charge in [0.15, 0.2) is 12.6 Å². The average molecular weight is 484 g/mol. The Morgan fingerprint density at radius 2 is 1.27 bits per heavy atom. The highest BCUT2D eigenvalue weighted by atomic mass is 16.7. The molecule has 194 valence electrons. The quantitative estimate of drug-likeness (QED) is 0.167. The van der Waals surface area contributed by atoms with E-state index in [0.717, 1.165) is 0 Å². The van der Waals surface area contributed by atoms with Crippen LogP contribution in [0.4, 0.5) is 0 Å². The fraction of sp³-hybridized carbons (Fsp3) is 1.00. The van der Waals surface area contributed by atoms with Gasteiger partial charge in [-0.25, -0.2) is 0 Å². The summed E-state index contributed by atoms with van der Waals surface area (Å²) in [6.45, 7) is -0.723. The third-order valence-corrected chi connectivity index (χ3v) is 6.57. The van der Waals surface area contributed by atoms with E-state index in [0.29, 0.717) is 0 Å². The molecule has 0 amide bonds. The molecule has 0 bridgehead atoms. The highest BCUT2D eigenvalue weighted by Gasteiger charge is 2.51. The summed E-state index contributed by atoms with van der Waals surface area (Å²) >= 11 is 0. The van der Waals surface area contributed by atoms with Crippen LogP contribution in [-0.4, -0.2) is 135 Å². The van der Waals surface area contributed by atoms with Gasteiger partial charge < -0.3 is 78.3 Å². The van der Waals surface area contributed by atoms with Crippen LogP contribution in [0.15, 0.2) is 0 Å². The second kappa shape index (κ2) is 11.0. The zero-order valence-corrected chi connectivity index (χ0v) is 18.0. The first-order chi connectivity index (χ1) is 15.5. The fourth-order valence-electron chi connectivity index (χ4n) is 4.41. The van der Waals surface area contributed by atoms with Gasteiger partial charge in [-0.05, 0) is 6.42 Å². The van der Waals surface area contributed by atoms with E-state index in [9.17, 15) is 30.6 Å². The molecule has 0 spiro atoms. The molecule has 0 radical (unpaired) electrons. The lowest BCUT2D eigenvalue weighted by Crippen LogP contribution is -2.69.